The monoisotopic (exact) mass is 265 g/mol. The van der Waals surface area contributed by atoms with Crippen LogP contribution in [0, 0.1) is 5.92 Å². The average Bonchev–Trinajstić information content (AvgIpc) is 2.94. The SMILES string of the molecule is CCNCc1ccoc1CN1CC(C)C(N(C)C)C1. The van der Waals surface area contributed by atoms with E-state index in [-0.39, 0.29) is 0 Å². The van der Waals surface area contributed by atoms with Gasteiger partial charge in [0.15, 0.2) is 0 Å². The van der Waals surface area contributed by atoms with Gasteiger partial charge in [-0.2, -0.15) is 0 Å². The van der Waals surface area contributed by atoms with Crippen LogP contribution >= 0.6 is 0 Å². The van der Waals surface area contributed by atoms with Crippen LogP contribution in [0.25, 0.3) is 0 Å². The molecule has 0 spiro atoms. The summed E-state index contributed by atoms with van der Waals surface area (Å²) in [7, 11) is 4.35. The van der Waals surface area contributed by atoms with E-state index in [9.17, 15) is 0 Å². The normalized spacial score (nSPS) is 24.5. The minimum atomic E-state index is 0.659. The van der Waals surface area contributed by atoms with Gasteiger partial charge in [0.1, 0.15) is 5.76 Å². The summed E-state index contributed by atoms with van der Waals surface area (Å²) in [5.41, 5.74) is 1.29. The molecule has 2 rings (SSSR count). The molecule has 19 heavy (non-hydrogen) atoms. The first-order valence-corrected chi connectivity index (χ1v) is 7.26. The van der Waals surface area contributed by atoms with E-state index in [4.69, 9.17) is 4.42 Å². The molecule has 0 aliphatic carbocycles. The summed E-state index contributed by atoms with van der Waals surface area (Å²) in [6.45, 7) is 9.59. The van der Waals surface area contributed by atoms with Gasteiger partial charge in [0.2, 0.25) is 0 Å². The van der Waals surface area contributed by atoms with Crippen LogP contribution < -0.4 is 5.32 Å². The summed E-state index contributed by atoms with van der Waals surface area (Å²) in [5.74, 6) is 1.84. The van der Waals surface area contributed by atoms with Crippen LogP contribution in [0.1, 0.15) is 25.2 Å². The first-order chi connectivity index (χ1) is 9.11. The molecule has 4 nitrogen and oxygen atoms in total. The van der Waals surface area contributed by atoms with Crippen molar-refractivity contribution < 1.29 is 4.42 Å². The third-order valence-electron chi connectivity index (χ3n) is 4.08. The number of likely N-dealkylation sites (N-methyl/N-ethyl adjacent to an activating group) is 1. The Bertz CT molecular complexity index is 388. The van der Waals surface area contributed by atoms with Gasteiger partial charge < -0.3 is 14.6 Å². The lowest BCUT2D eigenvalue weighted by atomic mass is 10.1. The van der Waals surface area contributed by atoms with Crippen LogP contribution in [0.2, 0.25) is 0 Å². The van der Waals surface area contributed by atoms with Crippen LogP contribution in [-0.2, 0) is 13.1 Å². The van der Waals surface area contributed by atoms with E-state index in [2.05, 4.69) is 49.1 Å². The maximum atomic E-state index is 5.66. The van der Waals surface area contributed by atoms with Gasteiger partial charge in [-0.15, -0.1) is 0 Å². The van der Waals surface area contributed by atoms with Crippen LogP contribution in [0.15, 0.2) is 16.7 Å². The summed E-state index contributed by atoms with van der Waals surface area (Å²) < 4.78 is 5.66. The Labute approximate surface area is 116 Å². The summed E-state index contributed by atoms with van der Waals surface area (Å²) >= 11 is 0. The van der Waals surface area contributed by atoms with Crippen molar-refractivity contribution in [1.29, 1.82) is 0 Å². The maximum absolute atomic E-state index is 5.66. The van der Waals surface area contributed by atoms with E-state index in [1.54, 1.807) is 0 Å². The van der Waals surface area contributed by atoms with Gasteiger partial charge in [0, 0.05) is 31.2 Å². The Kier molecular flexibility index (Phi) is 5.02. The van der Waals surface area contributed by atoms with Crippen molar-refractivity contribution in [2.24, 2.45) is 5.92 Å². The molecule has 1 aliphatic rings. The highest BCUT2D eigenvalue weighted by Crippen LogP contribution is 2.23. The van der Waals surface area contributed by atoms with E-state index >= 15 is 0 Å². The Morgan fingerprint density at radius 1 is 1.42 bits per heavy atom. The summed E-state index contributed by atoms with van der Waals surface area (Å²) in [6, 6.07) is 2.74. The van der Waals surface area contributed by atoms with Crippen LogP contribution in [-0.4, -0.2) is 49.6 Å². The zero-order valence-electron chi connectivity index (χ0n) is 12.6. The van der Waals surface area contributed by atoms with Gasteiger partial charge >= 0.3 is 0 Å². The molecule has 108 valence electrons. The standard InChI is InChI=1S/C15H27N3O/c1-5-16-8-13-6-7-19-15(13)11-18-9-12(2)14(10-18)17(3)4/h6-7,12,14,16H,5,8-11H2,1-4H3. The van der Waals surface area contributed by atoms with Gasteiger partial charge in [0.05, 0.1) is 12.8 Å². The van der Waals surface area contributed by atoms with Gasteiger partial charge in [-0.05, 0) is 32.6 Å². The Balaban J connectivity index is 1.93. The topological polar surface area (TPSA) is 31.7 Å². The first-order valence-electron chi connectivity index (χ1n) is 7.26. The molecule has 0 amide bonds. The summed E-state index contributed by atoms with van der Waals surface area (Å²) in [4.78, 5) is 4.84. The van der Waals surface area contributed by atoms with Gasteiger partial charge in [-0.3, -0.25) is 4.90 Å². The molecule has 0 saturated carbocycles. The van der Waals surface area contributed by atoms with E-state index in [0.29, 0.717) is 6.04 Å². The molecule has 2 heterocycles. The predicted octanol–water partition coefficient (Wildman–Crippen LogP) is 1.77. The minimum absolute atomic E-state index is 0.659. The van der Waals surface area contributed by atoms with Gasteiger partial charge in [-0.1, -0.05) is 13.8 Å². The number of rotatable bonds is 6. The van der Waals surface area contributed by atoms with Crippen molar-refractivity contribution in [1.82, 2.24) is 15.1 Å². The van der Waals surface area contributed by atoms with Crippen molar-refractivity contribution in [2.75, 3.05) is 33.7 Å². The quantitative estimate of drug-likeness (QED) is 0.849. The van der Waals surface area contributed by atoms with Crippen molar-refractivity contribution in [3.63, 3.8) is 0 Å². The number of nitrogens with zero attached hydrogens (tertiary/aromatic N) is 2. The number of furan rings is 1. The number of hydrogen-bond acceptors (Lipinski definition) is 4. The van der Waals surface area contributed by atoms with Crippen molar-refractivity contribution in [3.8, 4) is 0 Å². The van der Waals surface area contributed by atoms with E-state index in [1.165, 1.54) is 5.56 Å². The zero-order valence-corrected chi connectivity index (χ0v) is 12.6. The Morgan fingerprint density at radius 2 is 2.21 bits per heavy atom. The van der Waals surface area contributed by atoms with Crippen molar-refractivity contribution >= 4 is 0 Å². The highest BCUT2D eigenvalue weighted by atomic mass is 16.3. The molecule has 1 aromatic heterocycles. The smallest absolute Gasteiger partial charge is 0.122 e. The summed E-state index contributed by atoms with van der Waals surface area (Å²) in [5, 5.41) is 3.36. The summed E-state index contributed by atoms with van der Waals surface area (Å²) in [6.07, 6.45) is 1.81. The molecule has 1 fully saturated rings. The molecule has 0 radical (unpaired) electrons. The fraction of sp³-hybridized carbons (Fsp3) is 0.733. The molecular weight excluding hydrogens is 238 g/mol. The second-order valence-corrected chi connectivity index (χ2v) is 5.85. The molecular formula is C15H27N3O. The van der Waals surface area contributed by atoms with Crippen LogP contribution in [0.4, 0.5) is 0 Å². The lowest BCUT2D eigenvalue weighted by Crippen LogP contribution is -2.34. The fourth-order valence-electron chi connectivity index (χ4n) is 2.98. The van der Waals surface area contributed by atoms with Gasteiger partial charge in [-0.25, -0.2) is 0 Å². The second-order valence-electron chi connectivity index (χ2n) is 5.85. The third-order valence-corrected chi connectivity index (χ3v) is 4.08. The molecule has 2 unspecified atom stereocenters. The number of hydrogen-bond donors (Lipinski definition) is 1. The highest BCUT2D eigenvalue weighted by molar-refractivity contribution is 5.17. The first kappa shape index (κ1) is 14.6. The second kappa shape index (κ2) is 6.55. The van der Waals surface area contributed by atoms with E-state index < -0.39 is 0 Å². The maximum Gasteiger partial charge on any atom is 0.122 e. The van der Waals surface area contributed by atoms with E-state index in [1.807, 2.05) is 6.26 Å². The van der Waals surface area contributed by atoms with Crippen LogP contribution in [0.5, 0.6) is 0 Å². The van der Waals surface area contributed by atoms with Crippen LogP contribution in [0.3, 0.4) is 0 Å². The molecule has 1 aliphatic heterocycles. The molecule has 1 N–H and O–H groups in total. The van der Waals surface area contributed by atoms with Gasteiger partial charge in [0.25, 0.3) is 0 Å². The number of nitrogens with one attached hydrogen (secondary N) is 1. The zero-order chi connectivity index (χ0) is 13.8. The third kappa shape index (κ3) is 3.59. The lowest BCUT2D eigenvalue weighted by Gasteiger charge is -2.22. The average molecular weight is 265 g/mol. The highest BCUT2D eigenvalue weighted by Gasteiger charge is 2.31. The van der Waals surface area contributed by atoms with E-state index in [0.717, 1.165) is 44.4 Å². The molecule has 1 aromatic rings. The Hall–Kier alpha value is -0.840. The Morgan fingerprint density at radius 3 is 2.84 bits per heavy atom. The molecule has 1 saturated heterocycles. The molecule has 0 bridgehead atoms. The lowest BCUT2D eigenvalue weighted by molar-refractivity contribution is 0.243. The predicted molar refractivity (Wildman–Crippen MR) is 78.0 cm³/mol. The fourth-order valence-corrected chi connectivity index (χ4v) is 2.98. The van der Waals surface area contributed by atoms with Crippen molar-refractivity contribution in [2.45, 2.75) is 33.0 Å². The van der Waals surface area contributed by atoms with Crippen molar-refractivity contribution in [3.05, 3.63) is 23.7 Å². The molecule has 2 atom stereocenters. The molecule has 0 aromatic carbocycles. The molecule has 4 heteroatoms. The number of likely N-dealkylation sites (tertiary alicyclic amines) is 1. The largest absolute Gasteiger partial charge is 0.468 e. The minimum Gasteiger partial charge on any atom is -0.468 e.